The van der Waals surface area contributed by atoms with Crippen LogP contribution in [0.15, 0.2) is 24.3 Å². The SMILES string of the molecule is CC(=O)CCN1C(=O)N[C@@](C)(c2cccc(Cl)c2)C1=O. The summed E-state index contributed by atoms with van der Waals surface area (Å²) in [6.45, 7) is 3.15. The molecule has 0 bridgehead atoms. The van der Waals surface area contributed by atoms with Crippen molar-refractivity contribution < 1.29 is 14.4 Å². The van der Waals surface area contributed by atoms with Gasteiger partial charge in [-0.2, -0.15) is 0 Å². The molecule has 1 heterocycles. The summed E-state index contributed by atoms with van der Waals surface area (Å²) in [4.78, 5) is 36.4. The van der Waals surface area contributed by atoms with Crippen LogP contribution >= 0.6 is 11.6 Å². The van der Waals surface area contributed by atoms with Gasteiger partial charge in [-0.15, -0.1) is 0 Å². The van der Waals surface area contributed by atoms with Crippen molar-refractivity contribution in [3.63, 3.8) is 0 Å². The van der Waals surface area contributed by atoms with Crippen LogP contribution in [0.25, 0.3) is 0 Å². The summed E-state index contributed by atoms with van der Waals surface area (Å²) in [5.41, 5.74) is -0.521. The zero-order chi connectivity index (χ0) is 14.9. The summed E-state index contributed by atoms with van der Waals surface area (Å²) in [6, 6.07) is 6.31. The largest absolute Gasteiger partial charge is 0.325 e. The average Bonchev–Trinajstić information content (AvgIpc) is 2.59. The molecule has 0 unspecified atom stereocenters. The van der Waals surface area contributed by atoms with Gasteiger partial charge in [-0.05, 0) is 31.5 Å². The Balaban J connectivity index is 2.28. The molecule has 1 aliphatic heterocycles. The highest BCUT2D eigenvalue weighted by molar-refractivity contribution is 6.30. The fourth-order valence-corrected chi connectivity index (χ4v) is 2.35. The molecule has 0 radical (unpaired) electrons. The molecule has 2 rings (SSSR count). The Morgan fingerprint density at radius 3 is 2.70 bits per heavy atom. The van der Waals surface area contributed by atoms with E-state index in [0.29, 0.717) is 10.6 Å². The summed E-state index contributed by atoms with van der Waals surface area (Å²) >= 11 is 5.93. The summed E-state index contributed by atoms with van der Waals surface area (Å²) in [5.74, 6) is -0.437. The van der Waals surface area contributed by atoms with Gasteiger partial charge in [0, 0.05) is 18.0 Å². The Morgan fingerprint density at radius 2 is 2.10 bits per heavy atom. The molecule has 106 valence electrons. The highest BCUT2D eigenvalue weighted by Gasteiger charge is 2.48. The first-order valence-corrected chi connectivity index (χ1v) is 6.62. The van der Waals surface area contributed by atoms with Crippen LogP contribution in [0, 0.1) is 0 Å². The first-order chi connectivity index (χ1) is 9.34. The minimum Gasteiger partial charge on any atom is -0.319 e. The predicted octanol–water partition coefficient (Wildman–Crippen LogP) is 2.09. The van der Waals surface area contributed by atoms with E-state index in [1.54, 1.807) is 31.2 Å². The fourth-order valence-electron chi connectivity index (χ4n) is 2.16. The maximum absolute atomic E-state index is 12.5. The molecule has 5 nitrogen and oxygen atoms in total. The number of Topliss-reactive ketones (excluding diaryl/α,β-unsaturated/α-hetero) is 1. The molecule has 0 aromatic heterocycles. The Morgan fingerprint density at radius 1 is 1.40 bits per heavy atom. The number of carbonyl (C=O) groups is 3. The normalized spacial score (nSPS) is 22.1. The van der Waals surface area contributed by atoms with Crippen molar-refractivity contribution >= 4 is 29.3 Å². The van der Waals surface area contributed by atoms with Gasteiger partial charge in [0.2, 0.25) is 0 Å². The van der Waals surface area contributed by atoms with Gasteiger partial charge in [0.15, 0.2) is 0 Å². The highest BCUT2D eigenvalue weighted by atomic mass is 35.5. The van der Waals surface area contributed by atoms with Crippen molar-refractivity contribution in [2.45, 2.75) is 25.8 Å². The van der Waals surface area contributed by atoms with Crippen LogP contribution in [0.2, 0.25) is 5.02 Å². The monoisotopic (exact) mass is 294 g/mol. The summed E-state index contributed by atoms with van der Waals surface area (Å²) in [7, 11) is 0. The maximum Gasteiger partial charge on any atom is 0.325 e. The molecule has 6 heteroatoms. The zero-order valence-corrected chi connectivity index (χ0v) is 12.0. The lowest BCUT2D eigenvalue weighted by atomic mass is 9.92. The quantitative estimate of drug-likeness (QED) is 0.865. The second kappa shape index (κ2) is 5.25. The van der Waals surface area contributed by atoms with Gasteiger partial charge in [0.25, 0.3) is 5.91 Å². The molecular formula is C14H15ClN2O3. The second-order valence-corrected chi connectivity index (χ2v) is 5.41. The van der Waals surface area contributed by atoms with Crippen molar-refractivity contribution in [2.24, 2.45) is 0 Å². The van der Waals surface area contributed by atoms with Crippen molar-refractivity contribution in [3.8, 4) is 0 Å². The van der Waals surface area contributed by atoms with Gasteiger partial charge in [-0.3, -0.25) is 14.5 Å². The minimum absolute atomic E-state index is 0.0676. The van der Waals surface area contributed by atoms with E-state index >= 15 is 0 Å². The number of carbonyl (C=O) groups excluding carboxylic acids is 3. The molecule has 1 aliphatic rings. The van der Waals surface area contributed by atoms with E-state index in [1.165, 1.54) is 6.92 Å². The molecule has 0 saturated carbocycles. The lowest BCUT2D eigenvalue weighted by Gasteiger charge is -2.22. The molecule has 1 aromatic carbocycles. The minimum atomic E-state index is -1.14. The van der Waals surface area contributed by atoms with Crippen LogP contribution in [0.1, 0.15) is 25.8 Å². The molecule has 1 fully saturated rings. The Kier molecular flexibility index (Phi) is 3.81. The van der Waals surface area contributed by atoms with E-state index in [1.807, 2.05) is 0 Å². The van der Waals surface area contributed by atoms with Crippen LogP contribution < -0.4 is 5.32 Å². The number of urea groups is 1. The number of halogens is 1. The van der Waals surface area contributed by atoms with Crippen LogP contribution in [-0.2, 0) is 15.1 Å². The molecule has 1 saturated heterocycles. The van der Waals surface area contributed by atoms with Crippen molar-refractivity contribution in [3.05, 3.63) is 34.9 Å². The third-order valence-electron chi connectivity index (χ3n) is 3.36. The molecule has 0 aliphatic carbocycles. The molecule has 3 amide bonds. The summed E-state index contributed by atoms with van der Waals surface area (Å²) < 4.78 is 0. The molecule has 20 heavy (non-hydrogen) atoms. The number of nitrogens with zero attached hydrogens (tertiary/aromatic N) is 1. The number of amides is 3. The van der Waals surface area contributed by atoms with E-state index in [-0.39, 0.29) is 24.7 Å². The zero-order valence-electron chi connectivity index (χ0n) is 11.3. The van der Waals surface area contributed by atoms with Crippen molar-refractivity contribution in [1.82, 2.24) is 10.2 Å². The van der Waals surface area contributed by atoms with Gasteiger partial charge >= 0.3 is 6.03 Å². The second-order valence-electron chi connectivity index (χ2n) is 4.97. The number of hydrogen-bond acceptors (Lipinski definition) is 3. The molecule has 1 aromatic rings. The number of nitrogens with one attached hydrogen (secondary N) is 1. The number of ketones is 1. The van der Waals surface area contributed by atoms with Crippen LogP contribution in [0.3, 0.4) is 0 Å². The van der Waals surface area contributed by atoms with Gasteiger partial charge in [-0.1, -0.05) is 23.7 Å². The van der Waals surface area contributed by atoms with E-state index in [2.05, 4.69) is 5.32 Å². The highest BCUT2D eigenvalue weighted by Crippen LogP contribution is 2.30. The number of imide groups is 1. The molecule has 0 spiro atoms. The lowest BCUT2D eigenvalue weighted by Crippen LogP contribution is -2.41. The smallest absolute Gasteiger partial charge is 0.319 e. The third-order valence-corrected chi connectivity index (χ3v) is 3.60. The first-order valence-electron chi connectivity index (χ1n) is 6.24. The maximum atomic E-state index is 12.5. The van der Waals surface area contributed by atoms with Crippen molar-refractivity contribution in [2.75, 3.05) is 6.54 Å². The summed E-state index contributed by atoms with van der Waals surface area (Å²) in [6.07, 6.45) is 0.158. The topological polar surface area (TPSA) is 66.5 Å². The lowest BCUT2D eigenvalue weighted by molar-refractivity contribution is -0.131. The molecule has 1 N–H and O–H groups in total. The van der Waals surface area contributed by atoms with Gasteiger partial charge in [0.1, 0.15) is 11.3 Å². The van der Waals surface area contributed by atoms with E-state index in [0.717, 1.165) is 4.90 Å². The fraction of sp³-hybridized carbons (Fsp3) is 0.357. The number of benzene rings is 1. The van der Waals surface area contributed by atoms with Gasteiger partial charge in [0.05, 0.1) is 0 Å². The van der Waals surface area contributed by atoms with E-state index < -0.39 is 11.6 Å². The predicted molar refractivity (Wildman–Crippen MR) is 74.3 cm³/mol. The third kappa shape index (κ3) is 2.54. The van der Waals surface area contributed by atoms with E-state index in [9.17, 15) is 14.4 Å². The number of rotatable bonds is 4. The Hall–Kier alpha value is -1.88. The van der Waals surface area contributed by atoms with Crippen LogP contribution in [-0.4, -0.2) is 29.2 Å². The summed E-state index contributed by atoms with van der Waals surface area (Å²) in [5, 5.41) is 3.16. The van der Waals surface area contributed by atoms with Crippen molar-refractivity contribution in [1.29, 1.82) is 0 Å². The average molecular weight is 295 g/mol. The van der Waals surface area contributed by atoms with E-state index in [4.69, 9.17) is 11.6 Å². The van der Waals surface area contributed by atoms with Crippen LogP contribution in [0.5, 0.6) is 0 Å². The first kappa shape index (κ1) is 14.5. The molecular weight excluding hydrogens is 280 g/mol. The van der Waals surface area contributed by atoms with Gasteiger partial charge < -0.3 is 5.32 Å². The Bertz CT molecular complexity index is 588. The van der Waals surface area contributed by atoms with Crippen LogP contribution in [0.4, 0.5) is 4.79 Å². The molecule has 1 atom stereocenters. The van der Waals surface area contributed by atoms with Gasteiger partial charge in [-0.25, -0.2) is 4.79 Å². The Labute approximate surface area is 121 Å². The number of hydrogen-bond donors (Lipinski definition) is 1. The standard InChI is InChI=1S/C14H15ClN2O3/c1-9(18)6-7-17-12(19)14(2,16-13(17)20)10-4-3-5-11(15)8-10/h3-5,8H,6-7H2,1-2H3,(H,16,20)/t14-/m0/s1.